The van der Waals surface area contributed by atoms with Crippen LogP contribution in [0.25, 0.3) is 5.69 Å². The first-order chi connectivity index (χ1) is 15.6. The van der Waals surface area contributed by atoms with Crippen molar-refractivity contribution in [3.05, 3.63) is 71.0 Å². The molecule has 0 unspecified atom stereocenters. The molecule has 0 bridgehead atoms. The van der Waals surface area contributed by atoms with Gasteiger partial charge in [-0.25, -0.2) is 4.68 Å². The van der Waals surface area contributed by atoms with E-state index in [1.54, 1.807) is 0 Å². The summed E-state index contributed by atoms with van der Waals surface area (Å²) in [5, 5.41) is 6.83. The lowest BCUT2D eigenvalue weighted by atomic mass is 10.1. The summed E-state index contributed by atoms with van der Waals surface area (Å²) >= 11 is 0. The summed E-state index contributed by atoms with van der Waals surface area (Å²) in [6.45, 7) is 1.17. The fourth-order valence-electron chi connectivity index (χ4n) is 2.79. The fourth-order valence-corrected chi connectivity index (χ4v) is 2.79. The van der Waals surface area contributed by atoms with Crippen molar-refractivity contribution in [2.45, 2.75) is 31.6 Å². The molecule has 0 aliphatic rings. The molecule has 0 fully saturated rings. The van der Waals surface area contributed by atoms with E-state index in [4.69, 9.17) is 4.74 Å². The van der Waals surface area contributed by atoms with E-state index in [0.29, 0.717) is 22.9 Å². The molecule has 0 amide bonds. The van der Waals surface area contributed by atoms with Crippen LogP contribution < -0.4 is 4.74 Å². The van der Waals surface area contributed by atoms with E-state index >= 15 is 0 Å². The fraction of sp³-hybridized carbons (Fsp3) is 0.250. The van der Waals surface area contributed by atoms with Crippen LogP contribution in [0.4, 0.5) is 39.5 Å². The SMILES string of the molecule is C[C@H](Oc1cccc(C(F)(F)F)c1)C(=O)c1cn(-c2cc(C(F)(F)F)cc(C(F)(F)F)c2)nn1. The van der Waals surface area contributed by atoms with Crippen LogP contribution in [0, 0.1) is 0 Å². The second-order valence-electron chi connectivity index (χ2n) is 6.96. The molecule has 0 spiro atoms. The van der Waals surface area contributed by atoms with Crippen LogP contribution in [0.15, 0.2) is 48.7 Å². The molecule has 3 aromatic rings. The van der Waals surface area contributed by atoms with Gasteiger partial charge >= 0.3 is 18.5 Å². The average Bonchev–Trinajstić information content (AvgIpc) is 3.21. The molecule has 2 aromatic carbocycles. The minimum absolute atomic E-state index is 0.0720. The van der Waals surface area contributed by atoms with Crippen molar-refractivity contribution in [1.82, 2.24) is 15.0 Å². The molecule has 5 nitrogen and oxygen atoms in total. The third-order valence-electron chi connectivity index (χ3n) is 4.43. The van der Waals surface area contributed by atoms with Crippen LogP contribution in [0.1, 0.15) is 34.1 Å². The van der Waals surface area contributed by atoms with Crippen molar-refractivity contribution >= 4 is 5.78 Å². The number of rotatable bonds is 5. The van der Waals surface area contributed by atoms with Gasteiger partial charge in [-0.2, -0.15) is 39.5 Å². The van der Waals surface area contributed by atoms with Gasteiger partial charge in [-0.05, 0) is 43.3 Å². The number of alkyl halides is 9. The zero-order chi connectivity index (χ0) is 25.5. The molecular weight excluding hydrogens is 485 g/mol. The molecule has 1 atom stereocenters. The highest BCUT2D eigenvalue weighted by Gasteiger charge is 2.37. The number of benzene rings is 2. The van der Waals surface area contributed by atoms with Crippen molar-refractivity contribution in [3.8, 4) is 11.4 Å². The maximum Gasteiger partial charge on any atom is 0.416 e. The van der Waals surface area contributed by atoms with Gasteiger partial charge in [0.2, 0.25) is 5.78 Å². The molecule has 1 aromatic heterocycles. The van der Waals surface area contributed by atoms with Gasteiger partial charge in [-0.3, -0.25) is 4.79 Å². The third-order valence-corrected chi connectivity index (χ3v) is 4.43. The Balaban J connectivity index is 1.87. The van der Waals surface area contributed by atoms with Crippen LogP contribution in [0.2, 0.25) is 0 Å². The lowest BCUT2D eigenvalue weighted by Gasteiger charge is -2.14. The van der Waals surface area contributed by atoms with E-state index < -0.39 is 58.5 Å². The minimum atomic E-state index is -5.09. The molecule has 182 valence electrons. The van der Waals surface area contributed by atoms with Gasteiger partial charge in [0.25, 0.3) is 0 Å². The Morgan fingerprint density at radius 2 is 1.41 bits per heavy atom. The molecule has 3 rings (SSSR count). The Hall–Kier alpha value is -3.58. The predicted octanol–water partition coefficient (Wildman–Crippen LogP) is 5.97. The minimum Gasteiger partial charge on any atom is -0.482 e. The van der Waals surface area contributed by atoms with Crippen LogP contribution in [0.5, 0.6) is 5.75 Å². The van der Waals surface area contributed by atoms with E-state index in [-0.39, 0.29) is 11.8 Å². The van der Waals surface area contributed by atoms with Crippen molar-refractivity contribution in [3.63, 3.8) is 0 Å². The standard InChI is InChI=1S/C20H12F9N3O2/c1-10(34-15-4-2-3-11(8-15)18(21,22)23)17(33)16-9-32(31-30-16)14-6-12(19(24,25)26)5-13(7-14)20(27,28)29/h2-10H,1H3/t10-/m0/s1. The van der Waals surface area contributed by atoms with Gasteiger partial charge in [0, 0.05) is 0 Å². The van der Waals surface area contributed by atoms with Crippen molar-refractivity contribution < 1.29 is 49.0 Å². The smallest absolute Gasteiger partial charge is 0.416 e. The van der Waals surface area contributed by atoms with E-state index in [2.05, 4.69) is 10.3 Å². The molecular formula is C20H12F9N3O2. The van der Waals surface area contributed by atoms with Crippen LogP contribution in [0.3, 0.4) is 0 Å². The summed E-state index contributed by atoms with van der Waals surface area (Å²) in [5.74, 6) is -1.22. The molecule has 0 aliphatic carbocycles. The number of ether oxygens (including phenoxy) is 1. The number of Topliss-reactive ketones (excluding diaryl/α,β-unsaturated/α-hetero) is 1. The van der Waals surface area contributed by atoms with Gasteiger partial charge in [-0.1, -0.05) is 11.3 Å². The van der Waals surface area contributed by atoms with Gasteiger partial charge < -0.3 is 4.74 Å². The summed E-state index contributed by atoms with van der Waals surface area (Å²) < 4.78 is 122. The van der Waals surface area contributed by atoms with E-state index in [0.717, 1.165) is 24.4 Å². The van der Waals surface area contributed by atoms with Gasteiger partial charge in [0.15, 0.2) is 11.8 Å². The molecule has 14 heteroatoms. The van der Waals surface area contributed by atoms with Crippen LogP contribution in [-0.2, 0) is 18.5 Å². The first-order valence-corrected chi connectivity index (χ1v) is 9.16. The lowest BCUT2D eigenvalue weighted by molar-refractivity contribution is -0.143. The normalized spacial score (nSPS) is 13.6. The number of halogens is 9. The Bertz CT molecular complexity index is 1160. The lowest BCUT2D eigenvalue weighted by Crippen LogP contribution is -2.24. The summed E-state index contributed by atoms with van der Waals surface area (Å²) in [5.41, 5.74) is -5.38. The van der Waals surface area contributed by atoms with Crippen molar-refractivity contribution in [2.24, 2.45) is 0 Å². The largest absolute Gasteiger partial charge is 0.482 e. The Kier molecular flexibility index (Phi) is 6.37. The van der Waals surface area contributed by atoms with Gasteiger partial charge in [0.1, 0.15) is 5.75 Å². The second-order valence-corrected chi connectivity index (χ2v) is 6.96. The van der Waals surface area contributed by atoms with Crippen molar-refractivity contribution in [1.29, 1.82) is 0 Å². The maximum absolute atomic E-state index is 13.0. The number of hydrogen-bond acceptors (Lipinski definition) is 4. The number of carbonyl (C=O) groups is 1. The second kappa shape index (κ2) is 8.65. The highest BCUT2D eigenvalue weighted by Crippen LogP contribution is 2.37. The predicted molar refractivity (Wildman–Crippen MR) is 97.2 cm³/mol. The van der Waals surface area contributed by atoms with E-state index in [1.165, 1.54) is 6.92 Å². The molecule has 0 aliphatic heterocycles. The maximum atomic E-state index is 13.0. The molecule has 1 heterocycles. The van der Waals surface area contributed by atoms with Gasteiger partial charge in [-0.15, -0.1) is 5.10 Å². The average molecular weight is 497 g/mol. The Morgan fingerprint density at radius 3 is 1.94 bits per heavy atom. The van der Waals surface area contributed by atoms with E-state index in [1.807, 2.05) is 0 Å². The third kappa shape index (κ3) is 5.66. The van der Waals surface area contributed by atoms with Crippen LogP contribution in [-0.4, -0.2) is 26.9 Å². The zero-order valence-electron chi connectivity index (χ0n) is 16.8. The summed E-state index contributed by atoms with van der Waals surface area (Å²) in [7, 11) is 0. The summed E-state index contributed by atoms with van der Waals surface area (Å²) in [6, 6.07) is 4.37. The highest BCUT2D eigenvalue weighted by molar-refractivity contribution is 5.97. The molecule has 0 N–H and O–H groups in total. The topological polar surface area (TPSA) is 57.0 Å². The zero-order valence-corrected chi connectivity index (χ0v) is 16.8. The number of ketones is 1. The monoisotopic (exact) mass is 497 g/mol. The molecule has 34 heavy (non-hydrogen) atoms. The number of hydrogen-bond donors (Lipinski definition) is 0. The highest BCUT2D eigenvalue weighted by atomic mass is 19.4. The number of carbonyl (C=O) groups excluding carboxylic acids is 1. The van der Waals surface area contributed by atoms with Gasteiger partial charge in [0.05, 0.1) is 28.6 Å². The van der Waals surface area contributed by atoms with Crippen LogP contribution >= 0.6 is 0 Å². The summed E-state index contributed by atoms with van der Waals surface area (Å²) in [6.07, 6.45) is -15.5. The van der Waals surface area contributed by atoms with Crippen molar-refractivity contribution in [2.75, 3.05) is 0 Å². The first kappa shape index (κ1) is 25.1. The quantitative estimate of drug-likeness (QED) is 0.322. The Morgan fingerprint density at radius 1 is 0.853 bits per heavy atom. The molecule has 0 radical (unpaired) electrons. The first-order valence-electron chi connectivity index (χ1n) is 9.16. The molecule has 0 saturated carbocycles. The van der Waals surface area contributed by atoms with E-state index in [9.17, 15) is 44.3 Å². The number of aromatic nitrogens is 3. The number of nitrogens with zero attached hydrogens (tertiary/aromatic N) is 3. The Labute approximate surface area is 184 Å². The summed E-state index contributed by atoms with van der Waals surface area (Å²) in [4.78, 5) is 12.5. The molecule has 0 saturated heterocycles.